The summed E-state index contributed by atoms with van der Waals surface area (Å²) in [6.45, 7) is 4.64. The second-order valence-corrected chi connectivity index (χ2v) is 4.78. The summed E-state index contributed by atoms with van der Waals surface area (Å²) in [5.41, 5.74) is 5.79. The van der Waals surface area contributed by atoms with Gasteiger partial charge in [0.25, 0.3) is 0 Å². The lowest BCUT2D eigenvalue weighted by Gasteiger charge is -2.13. The SMILES string of the molecule is CCCCCC[C@H](C)CCC[C@@H](N)NC. The smallest absolute Gasteiger partial charge is 0.0543 e. The van der Waals surface area contributed by atoms with Crippen LogP contribution in [0.4, 0.5) is 0 Å². The van der Waals surface area contributed by atoms with Crippen molar-refractivity contribution in [2.45, 2.75) is 71.4 Å². The first-order valence-electron chi connectivity index (χ1n) is 6.63. The van der Waals surface area contributed by atoms with Crippen LogP contribution in [0.1, 0.15) is 65.2 Å². The first-order valence-corrected chi connectivity index (χ1v) is 6.63. The average molecular weight is 214 g/mol. The third-order valence-electron chi connectivity index (χ3n) is 3.13. The molecule has 3 N–H and O–H groups in total. The second-order valence-electron chi connectivity index (χ2n) is 4.78. The molecule has 0 rings (SSSR count). The summed E-state index contributed by atoms with van der Waals surface area (Å²) in [6.07, 6.45) is 10.9. The van der Waals surface area contributed by atoms with Crippen molar-refractivity contribution in [1.29, 1.82) is 0 Å². The van der Waals surface area contributed by atoms with Crippen LogP contribution >= 0.6 is 0 Å². The van der Waals surface area contributed by atoms with Crippen LogP contribution in [0.15, 0.2) is 0 Å². The Balaban J connectivity index is 3.21. The lowest BCUT2D eigenvalue weighted by molar-refractivity contribution is 0.417. The maximum atomic E-state index is 5.79. The Morgan fingerprint density at radius 3 is 2.27 bits per heavy atom. The number of hydrogen-bond acceptors (Lipinski definition) is 2. The molecule has 0 amide bonds. The van der Waals surface area contributed by atoms with E-state index < -0.39 is 0 Å². The van der Waals surface area contributed by atoms with E-state index in [9.17, 15) is 0 Å². The van der Waals surface area contributed by atoms with Crippen LogP contribution in [-0.2, 0) is 0 Å². The van der Waals surface area contributed by atoms with E-state index >= 15 is 0 Å². The van der Waals surface area contributed by atoms with Crippen molar-refractivity contribution in [2.24, 2.45) is 11.7 Å². The molecule has 0 aromatic heterocycles. The molecule has 0 aromatic rings. The van der Waals surface area contributed by atoms with Crippen LogP contribution in [0.5, 0.6) is 0 Å². The lowest BCUT2D eigenvalue weighted by atomic mass is 9.97. The lowest BCUT2D eigenvalue weighted by Crippen LogP contribution is -2.34. The van der Waals surface area contributed by atoms with E-state index in [-0.39, 0.29) is 6.17 Å². The molecule has 2 heteroatoms. The average Bonchev–Trinajstić information content (AvgIpc) is 2.24. The van der Waals surface area contributed by atoms with E-state index in [0.717, 1.165) is 12.3 Å². The summed E-state index contributed by atoms with van der Waals surface area (Å²) < 4.78 is 0. The van der Waals surface area contributed by atoms with Crippen molar-refractivity contribution in [2.75, 3.05) is 7.05 Å². The molecule has 0 bridgehead atoms. The molecule has 0 aliphatic heterocycles. The van der Waals surface area contributed by atoms with Crippen molar-refractivity contribution in [3.05, 3.63) is 0 Å². The first kappa shape index (κ1) is 14.9. The van der Waals surface area contributed by atoms with Gasteiger partial charge < -0.3 is 11.1 Å². The molecule has 92 valence electrons. The summed E-state index contributed by atoms with van der Waals surface area (Å²) in [5, 5.41) is 3.08. The van der Waals surface area contributed by atoms with Gasteiger partial charge in [-0.05, 0) is 19.4 Å². The molecular weight excluding hydrogens is 184 g/mol. The molecule has 0 spiro atoms. The van der Waals surface area contributed by atoms with Crippen LogP contribution in [-0.4, -0.2) is 13.2 Å². The molecule has 2 atom stereocenters. The summed E-state index contributed by atoms with van der Waals surface area (Å²) in [6, 6.07) is 0. The minimum absolute atomic E-state index is 0.192. The summed E-state index contributed by atoms with van der Waals surface area (Å²) in [5.74, 6) is 0.880. The fourth-order valence-corrected chi connectivity index (χ4v) is 1.89. The van der Waals surface area contributed by atoms with Gasteiger partial charge in [0.05, 0.1) is 6.17 Å². The topological polar surface area (TPSA) is 38.0 Å². The van der Waals surface area contributed by atoms with Gasteiger partial charge in [0, 0.05) is 0 Å². The zero-order valence-corrected chi connectivity index (χ0v) is 10.9. The van der Waals surface area contributed by atoms with Crippen molar-refractivity contribution in [3.8, 4) is 0 Å². The van der Waals surface area contributed by atoms with Gasteiger partial charge in [-0.15, -0.1) is 0 Å². The fraction of sp³-hybridized carbons (Fsp3) is 1.00. The molecule has 0 aliphatic carbocycles. The third kappa shape index (κ3) is 10.2. The molecule has 0 radical (unpaired) electrons. The van der Waals surface area contributed by atoms with E-state index in [2.05, 4.69) is 19.2 Å². The minimum atomic E-state index is 0.192. The van der Waals surface area contributed by atoms with Crippen LogP contribution in [0.2, 0.25) is 0 Å². The highest BCUT2D eigenvalue weighted by Gasteiger charge is 2.03. The maximum Gasteiger partial charge on any atom is 0.0543 e. The van der Waals surface area contributed by atoms with Gasteiger partial charge in [-0.25, -0.2) is 0 Å². The molecule has 0 saturated carbocycles. The van der Waals surface area contributed by atoms with Crippen molar-refractivity contribution in [3.63, 3.8) is 0 Å². The number of rotatable bonds is 10. The van der Waals surface area contributed by atoms with Gasteiger partial charge in [0.15, 0.2) is 0 Å². The molecule has 0 fully saturated rings. The Morgan fingerprint density at radius 2 is 1.67 bits per heavy atom. The number of unbranched alkanes of at least 4 members (excludes halogenated alkanes) is 3. The van der Waals surface area contributed by atoms with Crippen LogP contribution < -0.4 is 11.1 Å². The van der Waals surface area contributed by atoms with Gasteiger partial charge in [-0.3, -0.25) is 0 Å². The number of nitrogens with two attached hydrogens (primary N) is 1. The molecule has 0 unspecified atom stereocenters. The third-order valence-corrected chi connectivity index (χ3v) is 3.13. The normalized spacial score (nSPS) is 15.2. The predicted molar refractivity (Wildman–Crippen MR) is 68.8 cm³/mol. The zero-order chi connectivity index (χ0) is 11.5. The fourth-order valence-electron chi connectivity index (χ4n) is 1.89. The largest absolute Gasteiger partial charge is 0.316 e. The number of hydrogen-bond donors (Lipinski definition) is 2. The highest BCUT2D eigenvalue weighted by Crippen LogP contribution is 2.16. The molecule has 15 heavy (non-hydrogen) atoms. The van der Waals surface area contributed by atoms with E-state index in [0.29, 0.717) is 0 Å². The molecule has 0 saturated heterocycles. The van der Waals surface area contributed by atoms with Crippen LogP contribution in [0, 0.1) is 5.92 Å². The van der Waals surface area contributed by atoms with Crippen molar-refractivity contribution < 1.29 is 0 Å². The molecule has 0 aromatic carbocycles. The van der Waals surface area contributed by atoms with E-state index in [1.807, 2.05) is 7.05 Å². The van der Waals surface area contributed by atoms with Gasteiger partial charge in [-0.1, -0.05) is 58.8 Å². The van der Waals surface area contributed by atoms with E-state index in [4.69, 9.17) is 5.73 Å². The Labute approximate surface area is 96.0 Å². The maximum absolute atomic E-state index is 5.79. The van der Waals surface area contributed by atoms with Crippen molar-refractivity contribution >= 4 is 0 Å². The Hall–Kier alpha value is -0.0800. The van der Waals surface area contributed by atoms with Crippen LogP contribution in [0.25, 0.3) is 0 Å². The minimum Gasteiger partial charge on any atom is -0.316 e. The molecular formula is C13H30N2. The molecule has 0 heterocycles. The predicted octanol–water partition coefficient (Wildman–Crippen LogP) is 3.27. The summed E-state index contributed by atoms with van der Waals surface area (Å²) in [7, 11) is 1.93. The van der Waals surface area contributed by atoms with E-state index in [1.165, 1.54) is 44.9 Å². The first-order chi connectivity index (χ1) is 7.20. The molecule has 2 nitrogen and oxygen atoms in total. The second kappa shape index (κ2) is 10.4. The molecule has 0 aliphatic rings. The van der Waals surface area contributed by atoms with Gasteiger partial charge in [0.2, 0.25) is 0 Å². The number of nitrogens with one attached hydrogen (secondary N) is 1. The van der Waals surface area contributed by atoms with Crippen molar-refractivity contribution in [1.82, 2.24) is 5.32 Å². The van der Waals surface area contributed by atoms with Gasteiger partial charge in [0.1, 0.15) is 0 Å². The standard InChI is InChI=1S/C13H30N2/c1-4-5-6-7-9-12(2)10-8-11-13(14)15-3/h12-13,15H,4-11,14H2,1-3H3/t12-,13-/m0/s1. The van der Waals surface area contributed by atoms with E-state index in [1.54, 1.807) is 0 Å². The Bertz CT molecular complexity index is 126. The highest BCUT2D eigenvalue weighted by atomic mass is 15.0. The van der Waals surface area contributed by atoms with Crippen LogP contribution in [0.3, 0.4) is 0 Å². The monoisotopic (exact) mass is 214 g/mol. The summed E-state index contributed by atoms with van der Waals surface area (Å²) >= 11 is 0. The Morgan fingerprint density at radius 1 is 1.00 bits per heavy atom. The van der Waals surface area contributed by atoms with Gasteiger partial charge >= 0.3 is 0 Å². The highest BCUT2D eigenvalue weighted by molar-refractivity contribution is 4.59. The zero-order valence-electron chi connectivity index (χ0n) is 10.9. The Kier molecular flexibility index (Phi) is 10.4. The van der Waals surface area contributed by atoms with Gasteiger partial charge in [-0.2, -0.15) is 0 Å². The quantitative estimate of drug-likeness (QED) is 0.433. The summed E-state index contributed by atoms with van der Waals surface area (Å²) in [4.78, 5) is 0.